The van der Waals surface area contributed by atoms with Crippen molar-refractivity contribution in [3.63, 3.8) is 0 Å². The van der Waals surface area contributed by atoms with E-state index >= 15 is 0 Å². The Balaban J connectivity index is 1.88. The molecule has 0 bridgehead atoms. The third-order valence-corrected chi connectivity index (χ3v) is 2.57. The van der Waals surface area contributed by atoms with Gasteiger partial charge in [-0.05, 0) is 25.0 Å². The minimum Gasteiger partial charge on any atom is -0.477 e. The first-order chi connectivity index (χ1) is 8.79. The molecule has 5 nitrogen and oxygen atoms in total. The zero-order valence-corrected chi connectivity index (χ0v) is 9.99. The van der Waals surface area contributed by atoms with Gasteiger partial charge in [-0.1, -0.05) is 12.1 Å². The van der Waals surface area contributed by atoms with Crippen LogP contribution in [0, 0.1) is 0 Å². The summed E-state index contributed by atoms with van der Waals surface area (Å²) in [4.78, 5) is 8.55. The molecule has 96 valence electrons. The molecule has 1 heterocycles. The van der Waals surface area contributed by atoms with Gasteiger partial charge in [0.1, 0.15) is 0 Å². The molecule has 1 aromatic heterocycles. The number of benzene rings is 1. The SMILES string of the molecule is OCC(O)CCCOc1cnc2ccccc2n1. The quantitative estimate of drug-likeness (QED) is 0.750. The van der Waals surface area contributed by atoms with E-state index in [9.17, 15) is 0 Å². The Bertz CT molecular complexity index is 504. The highest BCUT2D eigenvalue weighted by atomic mass is 16.5. The van der Waals surface area contributed by atoms with Crippen molar-refractivity contribution >= 4 is 11.0 Å². The molecule has 0 aliphatic heterocycles. The zero-order valence-electron chi connectivity index (χ0n) is 9.99. The van der Waals surface area contributed by atoms with Gasteiger partial charge in [0.25, 0.3) is 0 Å². The summed E-state index contributed by atoms with van der Waals surface area (Å²) in [5.74, 6) is 0.479. The topological polar surface area (TPSA) is 75.5 Å². The van der Waals surface area contributed by atoms with Crippen LogP contribution in [0.25, 0.3) is 11.0 Å². The number of fused-ring (bicyclic) bond motifs is 1. The van der Waals surface area contributed by atoms with Crippen LogP contribution in [-0.2, 0) is 0 Å². The maximum atomic E-state index is 9.16. The second-order valence-electron chi connectivity index (χ2n) is 4.02. The van der Waals surface area contributed by atoms with Crippen LogP contribution in [0.3, 0.4) is 0 Å². The predicted octanol–water partition coefficient (Wildman–Crippen LogP) is 1.14. The minimum absolute atomic E-state index is 0.213. The van der Waals surface area contributed by atoms with Crippen LogP contribution in [0.5, 0.6) is 5.88 Å². The molecule has 2 N–H and O–H groups in total. The van der Waals surface area contributed by atoms with Gasteiger partial charge < -0.3 is 14.9 Å². The summed E-state index contributed by atoms with van der Waals surface area (Å²) in [6.45, 7) is 0.236. The first kappa shape index (κ1) is 12.7. The second-order valence-corrected chi connectivity index (χ2v) is 4.02. The summed E-state index contributed by atoms with van der Waals surface area (Å²) < 4.78 is 5.44. The molecule has 2 aromatic rings. The zero-order chi connectivity index (χ0) is 12.8. The highest BCUT2D eigenvalue weighted by molar-refractivity contribution is 5.73. The van der Waals surface area contributed by atoms with Crippen molar-refractivity contribution in [2.45, 2.75) is 18.9 Å². The van der Waals surface area contributed by atoms with Crippen molar-refractivity contribution in [2.75, 3.05) is 13.2 Å². The van der Waals surface area contributed by atoms with Gasteiger partial charge in [-0.15, -0.1) is 0 Å². The molecule has 0 saturated heterocycles. The van der Waals surface area contributed by atoms with E-state index < -0.39 is 6.10 Å². The number of aliphatic hydroxyl groups is 2. The highest BCUT2D eigenvalue weighted by Gasteiger charge is 2.03. The van der Waals surface area contributed by atoms with Crippen LogP contribution in [0.1, 0.15) is 12.8 Å². The molecule has 0 spiro atoms. The van der Waals surface area contributed by atoms with E-state index in [4.69, 9.17) is 14.9 Å². The van der Waals surface area contributed by atoms with Crippen LogP contribution in [0.4, 0.5) is 0 Å². The van der Waals surface area contributed by atoms with Gasteiger partial charge in [0, 0.05) is 0 Å². The molecule has 1 atom stereocenters. The molecule has 0 fully saturated rings. The fraction of sp³-hybridized carbons (Fsp3) is 0.385. The molecule has 0 saturated carbocycles. The van der Waals surface area contributed by atoms with Crippen LogP contribution in [0.15, 0.2) is 30.5 Å². The maximum absolute atomic E-state index is 9.16. The van der Waals surface area contributed by atoms with Crippen LogP contribution >= 0.6 is 0 Å². The van der Waals surface area contributed by atoms with Crippen LogP contribution in [-0.4, -0.2) is 39.5 Å². The van der Waals surface area contributed by atoms with Crippen LogP contribution in [0.2, 0.25) is 0 Å². The molecule has 0 aliphatic carbocycles. The van der Waals surface area contributed by atoms with Gasteiger partial charge in [-0.2, -0.15) is 0 Å². The minimum atomic E-state index is -0.670. The number of nitrogens with zero attached hydrogens (tertiary/aromatic N) is 2. The smallest absolute Gasteiger partial charge is 0.232 e. The number of para-hydroxylation sites is 2. The lowest BCUT2D eigenvalue weighted by atomic mass is 10.2. The first-order valence-electron chi connectivity index (χ1n) is 5.93. The number of hydrogen-bond donors (Lipinski definition) is 2. The number of aromatic nitrogens is 2. The van der Waals surface area contributed by atoms with Crippen molar-refractivity contribution in [1.29, 1.82) is 0 Å². The van der Waals surface area contributed by atoms with E-state index in [0.29, 0.717) is 25.3 Å². The number of rotatable bonds is 6. The molecule has 0 amide bonds. The molecular formula is C13H16N2O3. The number of ether oxygens (including phenoxy) is 1. The Morgan fingerprint density at radius 1 is 1.22 bits per heavy atom. The third kappa shape index (κ3) is 3.38. The van der Waals surface area contributed by atoms with E-state index in [-0.39, 0.29) is 6.61 Å². The summed E-state index contributed by atoms with van der Waals surface area (Å²) in [5, 5.41) is 17.8. The molecule has 0 radical (unpaired) electrons. The Morgan fingerprint density at radius 2 is 2.00 bits per heavy atom. The molecule has 18 heavy (non-hydrogen) atoms. The molecule has 1 aromatic carbocycles. The fourth-order valence-electron chi connectivity index (χ4n) is 1.60. The van der Waals surface area contributed by atoms with E-state index in [1.54, 1.807) is 6.20 Å². The number of hydrogen-bond acceptors (Lipinski definition) is 5. The van der Waals surface area contributed by atoms with Crippen molar-refractivity contribution in [3.05, 3.63) is 30.5 Å². The van der Waals surface area contributed by atoms with Gasteiger partial charge in [0.15, 0.2) is 0 Å². The van der Waals surface area contributed by atoms with Gasteiger partial charge >= 0.3 is 0 Å². The molecule has 0 aliphatic rings. The van der Waals surface area contributed by atoms with Crippen molar-refractivity contribution < 1.29 is 14.9 Å². The Labute approximate surface area is 105 Å². The van der Waals surface area contributed by atoms with E-state index in [0.717, 1.165) is 11.0 Å². The summed E-state index contributed by atoms with van der Waals surface area (Å²) in [5.41, 5.74) is 1.63. The van der Waals surface area contributed by atoms with Gasteiger partial charge in [-0.25, -0.2) is 9.97 Å². The Morgan fingerprint density at radius 3 is 2.78 bits per heavy atom. The average molecular weight is 248 g/mol. The summed E-state index contributed by atoms with van der Waals surface area (Å²) in [7, 11) is 0. The Hall–Kier alpha value is -1.72. The molecular weight excluding hydrogens is 232 g/mol. The van der Waals surface area contributed by atoms with Crippen molar-refractivity contribution in [3.8, 4) is 5.88 Å². The van der Waals surface area contributed by atoms with E-state index in [1.807, 2.05) is 24.3 Å². The fourth-order valence-corrected chi connectivity index (χ4v) is 1.60. The summed E-state index contributed by atoms with van der Waals surface area (Å²) in [6.07, 6.45) is 2.09. The standard InChI is InChI=1S/C13H16N2O3/c16-9-10(17)4-3-7-18-13-8-14-11-5-1-2-6-12(11)15-13/h1-2,5-6,8,10,16-17H,3-4,7,9H2. The largest absolute Gasteiger partial charge is 0.477 e. The normalized spacial score (nSPS) is 12.6. The Kier molecular flexibility index (Phi) is 4.44. The molecule has 5 heteroatoms. The predicted molar refractivity (Wildman–Crippen MR) is 67.4 cm³/mol. The van der Waals surface area contributed by atoms with E-state index in [2.05, 4.69) is 9.97 Å². The lowest BCUT2D eigenvalue weighted by Crippen LogP contribution is -2.13. The second kappa shape index (κ2) is 6.28. The molecule has 2 rings (SSSR count). The summed E-state index contributed by atoms with van der Waals surface area (Å²) >= 11 is 0. The highest BCUT2D eigenvalue weighted by Crippen LogP contribution is 2.13. The first-order valence-corrected chi connectivity index (χ1v) is 5.93. The van der Waals surface area contributed by atoms with Gasteiger partial charge in [0.2, 0.25) is 5.88 Å². The maximum Gasteiger partial charge on any atom is 0.232 e. The third-order valence-electron chi connectivity index (χ3n) is 2.57. The van der Waals surface area contributed by atoms with Gasteiger partial charge in [-0.3, -0.25) is 0 Å². The average Bonchev–Trinajstić information content (AvgIpc) is 2.43. The lowest BCUT2D eigenvalue weighted by molar-refractivity contribution is 0.0826. The monoisotopic (exact) mass is 248 g/mol. The van der Waals surface area contributed by atoms with Crippen molar-refractivity contribution in [2.24, 2.45) is 0 Å². The van der Waals surface area contributed by atoms with E-state index in [1.165, 1.54) is 0 Å². The molecule has 1 unspecified atom stereocenters. The van der Waals surface area contributed by atoms with Crippen molar-refractivity contribution in [1.82, 2.24) is 9.97 Å². The van der Waals surface area contributed by atoms with Crippen LogP contribution < -0.4 is 4.74 Å². The van der Waals surface area contributed by atoms with Gasteiger partial charge in [0.05, 0.1) is 36.5 Å². The number of aliphatic hydroxyl groups excluding tert-OH is 2. The lowest BCUT2D eigenvalue weighted by Gasteiger charge is -2.08. The summed E-state index contributed by atoms with van der Waals surface area (Å²) in [6, 6.07) is 7.58.